The van der Waals surface area contributed by atoms with Gasteiger partial charge in [-0.05, 0) is 41.8 Å². The number of aromatic nitrogens is 2. The van der Waals surface area contributed by atoms with Crippen molar-refractivity contribution in [1.29, 1.82) is 0 Å². The molecule has 1 aliphatic heterocycles. The van der Waals surface area contributed by atoms with E-state index in [1.54, 1.807) is 32.4 Å². The predicted molar refractivity (Wildman–Crippen MR) is 119 cm³/mol. The normalized spacial score (nSPS) is 13.6. The lowest BCUT2D eigenvalue weighted by atomic mass is 10.00. The molecule has 2 aromatic heterocycles. The number of hydrogen-bond donors (Lipinski definition) is 2. The number of nitrogens with one attached hydrogen (secondary N) is 2. The third-order valence-corrected chi connectivity index (χ3v) is 5.46. The number of H-pyrrole nitrogens is 1. The van der Waals surface area contributed by atoms with Crippen LogP contribution in [0.3, 0.4) is 0 Å². The predicted octanol–water partition coefficient (Wildman–Crippen LogP) is 3.59. The van der Waals surface area contributed by atoms with Gasteiger partial charge in [0.05, 0.1) is 21.3 Å². The number of amides is 2. The maximum Gasteiger partial charge on any atom is 0.317 e. The van der Waals surface area contributed by atoms with Crippen LogP contribution in [-0.4, -0.2) is 55.3 Å². The summed E-state index contributed by atoms with van der Waals surface area (Å²) in [6, 6.07) is 7.56. The van der Waals surface area contributed by atoms with Crippen LogP contribution in [-0.2, 0) is 6.54 Å². The van der Waals surface area contributed by atoms with Crippen LogP contribution in [0.5, 0.6) is 17.2 Å². The molecule has 0 spiro atoms. The summed E-state index contributed by atoms with van der Waals surface area (Å²) < 4.78 is 16.1. The number of urea groups is 1. The molecule has 2 amide bonds. The Bertz CT molecular complexity index is 1100. The third kappa shape index (κ3) is 4.14. The van der Waals surface area contributed by atoms with Gasteiger partial charge < -0.3 is 29.4 Å². The monoisotopic (exact) mass is 422 g/mol. The lowest BCUT2D eigenvalue weighted by Gasteiger charge is -2.26. The largest absolute Gasteiger partial charge is 0.493 e. The molecule has 4 rings (SSSR count). The molecule has 162 valence electrons. The van der Waals surface area contributed by atoms with E-state index in [9.17, 15) is 4.79 Å². The van der Waals surface area contributed by atoms with Crippen molar-refractivity contribution in [2.45, 2.75) is 13.0 Å². The van der Waals surface area contributed by atoms with E-state index in [0.29, 0.717) is 36.9 Å². The number of methoxy groups -OCH3 is 3. The zero-order chi connectivity index (χ0) is 21.8. The van der Waals surface area contributed by atoms with Crippen molar-refractivity contribution in [3.63, 3.8) is 0 Å². The van der Waals surface area contributed by atoms with Gasteiger partial charge in [-0.2, -0.15) is 0 Å². The number of rotatable bonds is 6. The van der Waals surface area contributed by atoms with Gasteiger partial charge in [0.15, 0.2) is 11.5 Å². The zero-order valence-electron chi connectivity index (χ0n) is 17.9. The van der Waals surface area contributed by atoms with Crippen molar-refractivity contribution in [2.75, 3.05) is 34.4 Å². The first kappa shape index (κ1) is 20.6. The van der Waals surface area contributed by atoms with Crippen LogP contribution < -0.4 is 19.5 Å². The fourth-order valence-electron chi connectivity index (χ4n) is 3.85. The highest BCUT2D eigenvalue weighted by Crippen LogP contribution is 2.38. The molecule has 0 aliphatic carbocycles. The number of aromatic amines is 1. The number of fused-ring (bicyclic) bond motifs is 1. The van der Waals surface area contributed by atoms with Gasteiger partial charge in [-0.1, -0.05) is 6.08 Å². The summed E-state index contributed by atoms with van der Waals surface area (Å²) in [5.41, 5.74) is 4.12. The van der Waals surface area contributed by atoms with E-state index in [1.807, 2.05) is 24.4 Å². The molecule has 0 bridgehead atoms. The maximum atomic E-state index is 12.7. The van der Waals surface area contributed by atoms with Gasteiger partial charge >= 0.3 is 6.03 Å². The molecule has 2 N–H and O–H groups in total. The van der Waals surface area contributed by atoms with E-state index >= 15 is 0 Å². The molecule has 0 fully saturated rings. The Labute approximate surface area is 180 Å². The number of carbonyl (C=O) groups is 1. The molecular formula is C23H26N4O4. The second kappa shape index (κ2) is 8.99. The Hall–Kier alpha value is -3.68. The van der Waals surface area contributed by atoms with Crippen LogP contribution in [0, 0.1) is 0 Å². The molecule has 8 nitrogen and oxygen atoms in total. The molecular weight excluding hydrogens is 396 g/mol. The Kier molecular flexibility index (Phi) is 5.97. The van der Waals surface area contributed by atoms with Crippen molar-refractivity contribution >= 4 is 22.6 Å². The summed E-state index contributed by atoms with van der Waals surface area (Å²) in [5, 5.41) is 4.08. The summed E-state index contributed by atoms with van der Waals surface area (Å²) >= 11 is 0. The van der Waals surface area contributed by atoms with Gasteiger partial charge in [-0.15, -0.1) is 0 Å². The standard InChI is InChI=1S/C23H26N4O4/c1-29-19-11-15(12-20(30-2)21(19)31-3)13-26-23(28)27-9-6-16(7-10-27)18-14-25-22-17(18)5-4-8-24-22/h4-6,8,11-12,14H,7,9-10,13H2,1-3H3,(H,24,25)(H,26,28). The average Bonchev–Trinajstić information content (AvgIpc) is 3.26. The highest BCUT2D eigenvalue weighted by atomic mass is 16.5. The number of pyridine rings is 1. The van der Waals surface area contributed by atoms with Gasteiger partial charge in [0, 0.05) is 43.0 Å². The molecule has 0 saturated carbocycles. The van der Waals surface area contributed by atoms with E-state index in [-0.39, 0.29) is 6.03 Å². The van der Waals surface area contributed by atoms with Crippen molar-refractivity contribution in [2.24, 2.45) is 0 Å². The average molecular weight is 422 g/mol. The highest BCUT2D eigenvalue weighted by molar-refractivity contribution is 5.91. The molecule has 8 heteroatoms. The molecule has 3 aromatic rings. The van der Waals surface area contributed by atoms with Gasteiger partial charge in [-0.25, -0.2) is 9.78 Å². The fourth-order valence-corrected chi connectivity index (χ4v) is 3.85. The molecule has 31 heavy (non-hydrogen) atoms. The van der Waals surface area contributed by atoms with Gasteiger partial charge in [0.2, 0.25) is 5.75 Å². The topological polar surface area (TPSA) is 88.7 Å². The Balaban J connectivity index is 1.40. The minimum Gasteiger partial charge on any atom is -0.493 e. The molecule has 0 radical (unpaired) electrons. The molecule has 3 heterocycles. The minimum atomic E-state index is -0.107. The summed E-state index contributed by atoms with van der Waals surface area (Å²) in [6.45, 7) is 1.57. The summed E-state index contributed by atoms with van der Waals surface area (Å²) in [5.74, 6) is 1.65. The van der Waals surface area contributed by atoms with Crippen LogP contribution in [0.25, 0.3) is 16.6 Å². The van der Waals surface area contributed by atoms with Crippen LogP contribution in [0.1, 0.15) is 17.5 Å². The Morgan fingerprint density at radius 3 is 2.61 bits per heavy atom. The first-order chi connectivity index (χ1) is 15.1. The van der Waals surface area contributed by atoms with E-state index in [2.05, 4.69) is 27.4 Å². The molecule has 0 atom stereocenters. The molecule has 1 aromatic carbocycles. The number of carbonyl (C=O) groups excluding carboxylic acids is 1. The first-order valence-corrected chi connectivity index (χ1v) is 10.1. The van der Waals surface area contributed by atoms with E-state index in [4.69, 9.17) is 14.2 Å². The second-order valence-corrected chi connectivity index (χ2v) is 7.22. The lowest BCUT2D eigenvalue weighted by Crippen LogP contribution is -2.41. The fraction of sp³-hybridized carbons (Fsp3) is 0.304. The molecule has 1 aliphatic rings. The van der Waals surface area contributed by atoms with Crippen molar-refractivity contribution in [1.82, 2.24) is 20.2 Å². The number of nitrogens with zero attached hydrogens (tertiary/aromatic N) is 2. The van der Waals surface area contributed by atoms with Crippen molar-refractivity contribution in [3.05, 3.63) is 53.9 Å². The summed E-state index contributed by atoms with van der Waals surface area (Å²) in [4.78, 5) is 22.0. The minimum absolute atomic E-state index is 0.107. The van der Waals surface area contributed by atoms with Crippen LogP contribution in [0.15, 0.2) is 42.7 Å². The summed E-state index contributed by atoms with van der Waals surface area (Å²) in [6.07, 6.45) is 6.67. The van der Waals surface area contributed by atoms with E-state index in [0.717, 1.165) is 28.6 Å². The van der Waals surface area contributed by atoms with Crippen LogP contribution >= 0.6 is 0 Å². The summed E-state index contributed by atoms with van der Waals surface area (Å²) in [7, 11) is 4.70. The number of ether oxygens (including phenoxy) is 3. The van der Waals surface area contributed by atoms with E-state index in [1.165, 1.54) is 5.57 Å². The van der Waals surface area contributed by atoms with E-state index < -0.39 is 0 Å². The van der Waals surface area contributed by atoms with Crippen LogP contribution in [0.4, 0.5) is 4.79 Å². The zero-order valence-corrected chi connectivity index (χ0v) is 17.9. The second-order valence-electron chi connectivity index (χ2n) is 7.22. The Morgan fingerprint density at radius 1 is 1.19 bits per heavy atom. The van der Waals surface area contributed by atoms with Crippen molar-refractivity contribution < 1.29 is 19.0 Å². The maximum absolute atomic E-state index is 12.7. The number of benzene rings is 1. The van der Waals surface area contributed by atoms with Gasteiger partial charge in [0.25, 0.3) is 0 Å². The highest BCUT2D eigenvalue weighted by Gasteiger charge is 2.20. The van der Waals surface area contributed by atoms with Crippen LogP contribution in [0.2, 0.25) is 0 Å². The molecule has 0 unspecified atom stereocenters. The number of hydrogen-bond acceptors (Lipinski definition) is 5. The smallest absolute Gasteiger partial charge is 0.317 e. The molecule has 0 saturated heterocycles. The lowest BCUT2D eigenvalue weighted by molar-refractivity contribution is 0.202. The Morgan fingerprint density at radius 2 is 1.97 bits per heavy atom. The van der Waals surface area contributed by atoms with Gasteiger partial charge in [0.1, 0.15) is 5.65 Å². The van der Waals surface area contributed by atoms with Gasteiger partial charge in [-0.3, -0.25) is 0 Å². The SMILES string of the molecule is COc1cc(CNC(=O)N2CC=C(c3c[nH]c4ncccc34)CC2)cc(OC)c1OC. The van der Waals surface area contributed by atoms with Crippen molar-refractivity contribution in [3.8, 4) is 17.2 Å². The first-order valence-electron chi connectivity index (χ1n) is 10.1. The quantitative estimate of drug-likeness (QED) is 0.634. The third-order valence-electron chi connectivity index (χ3n) is 5.46.